The van der Waals surface area contributed by atoms with E-state index < -0.39 is 21.7 Å². The summed E-state index contributed by atoms with van der Waals surface area (Å²) in [6.45, 7) is 16.3. The van der Waals surface area contributed by atoms with Gasteiger partial charge in [0.25, 0.3) is 0 Å². The number of urea groups is 1. The summed E-state index contributed by atoms with van der Waals surface area (Å²) in [5.41, 5.74) is -0.201. The first kappa shape index (κ1) is 35.9. The van der Waals surface area contributed by atoms with Gasteiger partial charge in [0, 0.05) is 38.1 Å². The van der Waals surface area contributed by atoms with Crippen molar-refractivity contribution in [2.24, 2.45) is 57.7 Å². The predicted molar refractivity (Wildman–Crippen MR) is 179 cm³/mol. The molecule has 4 aliphatic carbocycles. The van der Waals surface area contributed by atoms with Crippen LogP contribution in [0.4, 0.5) is 4.79 Å². The largest absolute Gasteiger partial charge is 0.393 e. The molecule has 10 nitrogen and oxygen atoms in total. The zero-order valence-corrected chi connectivity index (χ0v) is 30.2. The van der Waals surface area contributed by atoms with Gasteiger partial charge >= 0.3 is 16.2 Å². The Labute approximate surface area is 278 Å². The van der Waals surface area contributed by atoms with Gasteiger partial charge in [-0.25, -0.2) is 9.52 Å². The lowest BCUT2D eigenvalue weighted by Gasteiger charge is -2.64. The molecule has 1 aliphatic heterocycles. The van der Waals surface area contributed by atoms with Crippen LogP contribution in [-0.4, -0.2) is 84.7 Å². The average molecular weight is 667 g/mol. The highest BCUT2D eigenvalue weighted by Gasteiger charge is 2.64. The Morgan fingerprint density at radius 2 is 1.57 bits per heavy atom. The fourth-order valence-corrected chi connectivity index (χ4v) is 12.5. The standard InChI is InChI=1S/C35H62N4O6S/c1-8-24-28-21-23(40)11-14-35(28,7)27-12-15-34(6)25(9-10-26(34)29(27)30(24)41)22(2)13-16-36-32(43)37-46(44,45)39-19-17-38(18-20-39)31(42)33(3,4)5/h22-30,40-41H,8-21H2,1-7H3,(H2,36,37,43)/t22-,23-,24-,25-,26+,27+,28+,29+,30-,34-,35-/m1/s1. The first-order chi connectivity index (χ1) is 21.4. The minimum absolute atomic E-state index is 0.00666. The summed E-state index contributed by atoms with van der Waals surface area (Å²) in [7, 11) is -4.00. The lowest BCUT2D eigenvalue weighted by atomic mass is 9.41. The van der Waals surface area contributed by atoms with Gasteiger partial charge < -0.3 is 20.4 Å². The minimum atomic E-state index is -4.00. The number of carbonyl (C=O) groups is 2. The van der Waals surface area contributed by atoms with Crippen LogP contribution in [0.25, 0.3) is 0 Å². The quantitative estimate of drug-likeness (QED) is 0.318. The Morgan fingerprint density at radius 3 is 2.20 bits per heavy atom. The van der Waals surface area contributed by atoms with Crippen molar-refractivity contribution in [3.63, 3.8) is 0 Å². The number of hydrogen-bond donors (Lipinski definition) is 4. The number of hydrogen-bond acceptors (Lipinski definition) is 6. The molecule has 5 rings (SSSR count). The second kappa shape index (κ2) is 13.1. The van der Waals surface area contributed by atoms with Crippen LogP contribution in [0.3, 0.4) is 0 Å². The number of nitrogens with one attached hydrogen (secondary N) is 2. The normalized spacial score (nSPS) is 40.8. The van der Waals surface area contributed by atoms with Crippen molar-refractivity contribution < 1.29 is 28.2 Å². The van der Waals surface area contributed by atoms with Crippen LogP contribution >= 0.6 is 0 Å². The highest BCUT2D eigenvalue weighted by Crippen LogP contribution is 2.69. The molecule has 1 saturated heterocycles. The molecule has 264 valence electrons. The maximum absolute atomic E-state index is 12.9. The molecule has 11 heteroatoms. The number of aliphatic hydroxyl groups excluding tert-OH is 2. The molecule has 0 bridgehead atoms. The zero-order chi connectivity index (χ0) is 33.8. The number of fused-ring (bicyclic) bond motifs is 5. The van der Waals surface area contributed by atoms with Crippen LogP contribution in [0.15, 0.2) is 0 Å². The lowest BCUT2D eigenvalue weighted by molar-refractivity contribution is -0.203. The molecular weight excluding hydrogens is 604 g/mol. The molecule has 4 N–H and O–H groups in total. The van der Waals surface area contributed by atoms with Gasteiger partial charge in [-0.3, -0.25) is 4.79 Å². The van der Waals surface area contributed by atoms with Gasteiger partial charge in [0.05, 0.1) is 12.2 Å². The molecule has 0 unspecified atom stereocenters. The highest BCUT2D eigenvalue weighted by molar-refractivity contribution is 7.87. The summed E-state index contributed by atoms with van der Waals surface area (Å²) in [6, 6.07) is -0.715. The van der Waals surface area contributed by atoms with Gasteiger partial charge in [-0.05, 0) is 104 Å². The summed E-state index contributed by atoms with van der Waals surface area (Å²) in [4.78, 5) is 26.9. The Balaban J connectivity index is 1.14. The summed E-state index contributed by atoms with van der Waals surface area (Å²) in [5.74, 6) is 2.76. The third-order valence-corrected chi connectivity index (χ3v) is 15.3. The highest BCUT2D eigenvalue weighted by atomic mass is 32.2. The van der Waals surface area contributed by atoms with Crippen LogP contribution in [0.2, 0.25) is 0 Å². The second-order valence-electron chi connectivity index (χ2n) is 17.2. The molecule has 3 amide bonds. The van der Waals surface area contributed by atoms with Crippen LogP contribution in [0.1, 0.15) is 106 Å². The third-order valence-electron chi connectivity index (χ3n) is 13.8. The smallest absolute Gasteiger partial charge is 0.329 e. The Kier molecular flexibility index (Phi) is 10.2. The Morgan fingerprint density at radius 1 is 0.935 bits per heavy atom. The second-order valence-corrected chi connectivity index (χ2v) is 18.9. The van der Waals surface area contributed by atoms with Gasteiger partial charge in [-0.15, -0.1) is 0 Å². The van der Waals surface area contributed by atoms with Crippen LogP contribution in [-0.2, 0) is 15.0 Å². The first-order valence-corrected chi connectivity index (χ1v) is 19.6. The van der Waals surface area contributed by atoms with Crippen molar-refractivity contribution in [2.75, 3.05) is 32.7 Å². The average Bonchev–Trinajstić information content (AvgIpc) is 3.34. The summed E-state index contributed by atoms with van der Waals surface area (Å²) >= 11 is 0. The lowest BCUT2D eigenvalue weighted by Crippen LogP contribution is -2.62. The Bertz CT molecular complexity index is 1230. The van der Waals surface area contributed by atoms with Crippen molar-refractivity contribution in [2.45, 2.75) is 118 Å². The molecule has 0 radical (unpaired) electrons. The molecule has 1 heterocycles. The van der Waals surface area contributed by atoms with Crippen LogP contribution in [0, 0.1) is 57.7 Å². The summed E-state index contributed by atoms with van der Waals surface area (Å²) in [6.07, 6.45) is 8.47. The minimum Gasteiger partial charge on any atom is -0.393 e. The van der Waals surface area contributed by atoms with E-state index >= 15 is 0 Å². The van der Waals surface area contributed by atoms with Gasteiger partial charge in [-0.1, -0.05) is 54.9 Å². The fraction of sp³-hybridized carbons (Fsp3) is 0.943. The van der Waals surface area contributed by atoms with Crippen LogP contribution < -0.4 is 10.0 Å². The zero-order valence-electron chi connectivity index (χ0n) is 29.4. The topological polar surface area (TPSA) is 139 Å². The molecule has 4 saturated carbocycles. The Hall–Kier alpha value is -1.43. The van der Waals surface area contributed by atoms with E-state index in [9.17, 15) is 28.2 Å². The third kappa shape index (κ3) is 6.48. The van der Waals surface area contributed by atoms with E-state index in [-0.39, 0.29) is 48.0 Å². The SMILES string of the molecule is CC[C@H]1[C@@H](O)[C@@H]2[C@H](CC[C@]3(C)[C@@H]([C@H](C)CCNC(=O)NS(=O)(=O)N4CCN(C(=O)C(C)(C)C)CC4)CC[C@@H]23)[C@@]2(C)CC[C@@H](O)C[C@@H]12. The van der Waals surface area contributed by atoms with Gasteiger partial charge in [-0.2, -0.15) is 12.7 Å². The van der Waals surface area contributed by atoms with E-state index in [0.717, 1.165) is 57.8 Å². The van der Waals surface area contributed by atoms with Crippen LogP contribution in [0.5, 0.6) is 0 Å². The van der Waals surface area contributed by atoms with Crippen molar-refractivity contribution in [1.29, 1.82) is 0 Å². The van der Waals surface area contributed by atoms with E-state index in [1.54, 1.807) is 4.90 Å². The monoisotopic (exact) mass is 666 g/mol. The van der Waals surface area contributed by atoms with Crippen molar-refractivity contribution in [3.05, 3.63) is 0 Å². The molecule has 5 aliphatic rings. The van der Waals surface area contributed by atoms with Crippen molar-refractivity contribution in [1.82, 2.24) is 19.2 Å². The predicted octanol–water partition coefficient (Wildman–Crippen LogP) is 4.37. The van der Waals surface area contributed by atoms with E-state index in [1.807, 2.05) is 20.8 Å². The molecular formula is C35H62N4O6S. The van der Waals surface area contributed by atoms with Crippen molar-refractivity contribution >= 4 is 22.1 Å². The number of aliphatic hydroxyl groups is 2. The summed E-state index contributed by atoms with van der Waals surface area (Å²) in [5, 5.41) is 25.3. The van der Waals surface area contributed by atoms with E-state index in [0.29, 0.717) is 55.1 Å². The summed E-state index contributed by atoms with van der Waals surface area (Å²) < 4.78 is 29.2. The van der Waals surface area contributed by atoms with E-state index in [2.05, 4.69) is 37.7 Å². The number of piperazine rings is 1. The molecule has 0 aromatic heterocycles. The van der Waals surface area contributed by atoms with E-state index in [4.69, 9.17) is 0 Å². The van der Waals surface area contributed by atoms with Gasteiger partial charge in [0.2, 0.25) is 5.91 Å². The number of nitrogens with zero attached hydrogens (tertiary/aromatic N) is 2. The molecule has 0 spiro atoms. The molecule has 5 fully saturated rings. The molecule has 0 aromatic carbocycles. The maximum Gasteiger partial charge on any atom is 0.329 e. The van der Waals surface area contributed by atoms with E-state index in [1.165, 1.54) is 4.31 Å². The molecule has 46 heavy (non-hydrogen) atoms. The van der Waals surface area contributed by atoms with Crippen molar-refractivity contribution in [3.8, 4) is 0 Å². The number of amides is 3. The molecule has 0 aromatic rings. The number of rotatable bonds is 7. The fourth-order valence-electron chi connectivity index (χ4n) is 11.4. The number of carbonyl (C=O) groups excluding carboxylic acids is 2. The van der Waals surface area contributed by atoms with Gasteiger partial charge in [0.1, 0.15) is 0 Å². The van der Waals surface area contributed by atoms with Gasteiger partial charge in [0.15, 0.2) is 0 Å². The first-order valence-electron chi connectivity index (χ1n) is 18.1. The molecule has 11 atom stereocenters. The maximum atomic E-state index is 12.9.